The number of carbonyl (C=O) groups excluding carboxylic acids is 1. The first kappa shape index (κ1) is 16.5. The Morgan fingerprint density at radius 1 is 1.33 bits per heavy atom. The number of hydrogen-bond donors (Lipinski definition) is 3. The Kier molecular flexibility index (Phi) is 4.59. The predicted octanol–water partition coefficient (Wildman–Crippen LogP) is 2.26. The minimum atomic E-state index is -0.0823. The van der Waals surface area contributed by atoms with E-state index < -0.39 is 0 Å². The Morgan fingerprint density at radius 2 is 2.21 bits per heavy atom. The van der Waals surface area contributed by atoms with Crippen molar-refractivity contribution in [2.45, 2.75) is 5.92 Å². The Balaban J connectivity index is 0.00000169. The number of H-pyrrole nitrogens is 1. The Morgan fingerprint density at radius 3 is 3.00 bits per heavy atom. The number of benzene rings is 1. The minimum Gasteiger partial charge on any atom is -0.361 e. The zero-order valence-electron chi connectivity index (χ0n) is 13.3. The van der Waals surface area contributed by atoms with Crippen molar-refractivity contribution in [3.8, 4) is 0 Å². The van der Waals surface area contributed by atoms with Crippen LogP contribution in [0.15, 0.2) is 42.9 Å². The second kappa shape index (κ2) is 6.67. The molecule has 1 aliphatic heterocycles. The topological polar surface area (TPSA) is 74.7 Å². The number of halogens is 1. The molecule has 0 bridgehead atoms. The molecule has 1 amide bonds. The lowest BCUT2D eigenvalue weighted by atomic mass is 9.90. The fourth-order valence-electron chi connectivity index (χ4n) is 3.30. The Labute approximate surface area is 146 Å². The van der Waals surface area contributed by atoms with E-state index in [4.69, 9.17) is 0 Å². The quantitative estimate of drug-likeness (QED) is 0.681. The van der Waals surface area contributed by atoms with Crippen molar-refractivity contribution in [3.63, 3.8) is 0 Å². The van der Waals surface area contributed by atoms with Gasteiger partial charge in [-0.15, -0.1) is 12.4 Å². The van der Waals surface area contributed by atoms with Crippen molar-refractivity contribution in [2.24, 2.45) is 13.0 Å². The fourth-order valence-corrected chi connectivity index (χ4v) is 3.30. The second-order valence-electron chi connectivity index (χ2n) is 6.09. The van der Waals surface area contributed by atoms with Gasteiger partial charge in [0.15, 0.2) is 0 Å². The van der Waals surface area contributed by atoms with E-state index in [1.54, 1.807) is 4.68 Å². The molecule has 0 spiro atoms. The molecule has 7 heteroatoms. The Hall–Kier alpha value is -2.31. The number of hydrogen-bond acceptors (Lipinski definition) is 3. The largest absolute Gasteiger partial charge is 0.361 e. The van der Waals surface area contributed by atoms with Gasteiger partial charge in [0, 0.05) is 55.0 Å². The zero-order chi connectivity index (χ0) is 15.8. The molecule has 126 valence electrons. The van der Waals surface area contributed by atoms with Crippen LogP contribution in [-0.2, 0) is 11.8 Å². The van der Waals surface area contributed by atoms with Gasteiger partial charge in [0.05, 0.1) is 12.1 Å². The summed E-state index contributed by atoms with van der Waals surface area (Å²) in [6, 6.07) is 7.90. The average molecular weight is 346 g/mol. The molecule has 6 nitrogen and oxygen atoms in total. The summed E-state index contributed by atoms with van der Waals surface area (Å²) in [5, 5.41) is 11.7. The molecule has 0 aliphatic carbocycles. The number of nitrogens with zero attached hydrogens (tertiary/aromatic N) is 2. The van der Waals surface area contributed by atoms with Crippen LogP contribution in [0, 0.1) is 5.92 Å². The number of rotatable bonds is 3. The molecule has 3 heterocycles. The van der Waals surface area contributed by atoms with Crippen molar-refractivity contribution >= 4 is 34.9 Å². The third kappa shape index (κ3) is 3.02. The van der Waals surface area contributed by atoms with E-state index in [0.717, 1.165) is 28.7 Å². The van der Waals surface area contributed by atoms with E-state index >= 15 is 0 Å². The highest BCUT2D eigenvalue weighted by atomic mass is 35.5. The maximum atomic E-state index is 12.7. The van der Waals surface area contributed by atoms with Gasteiger partial charge in [-0.3, -0.25) is 9.48 Å². The third-order valence-corrected chi connectivity index (χ3v) is 4.52. The average Bonchev–Trinajstić information content (AvgIpc) is 3.26. The summed E-state index contributed by atoms with van der Waals surface area (Å²) < 4.78 is 1.78. The second-order valence-corrected chi connectivity index (χ2v) is 6.09. The molecule has 2 atom stereocenters. The number of carbonyl (C=O) groups is 1. The van der Waals surface area contributed by atoms with Crippen LogP contribution in [0.3, 0.4) is 0 Å². The summed E-state index contributed by atoms with van der Waals surface area (Å²) in [5.74, 6) is 0.138. The van der Waals surface area contributed by atoms with Crippen LogP contribution in [-0.4, -0.2) is 33.8 Å². The van der Waals surface area contributed by atoms with Crippen molar-refractivity contribution < 1.29 is 4.79 Å². The number of anilines is 1. The van der Waals surface area contributed by atoms with Gasteiger partial charge in [-0.1, -0.05) is 0 Å². The van der Waals surface area contributed by atoms with Crippen LogP contribution in [0.5, 0.6) is 0 Å². The number of fused-ring (bicyclic) bond motifs is 1. The van der Waals surface area contributed by atoms with E-state index in [0.29, 0.717) is 6.54 Å². The van der Waals surface area contributed by atoms with Gasteiger partial charge < -0.3 is 15.6 Å². The molecule has 4 rings (SSSR count). The number of aromatic amines is 1. The van der Waals surface area contributed by atoms with E-state index in [1.165, 1.54) is 0 Å². The molecule has 1 aliphatic rings. The number of aryl methyl sites for hydroxylation is 1. The van der Waals surface area contributed by atoms with Crippen molar-refractivity contribution in [3.05, 3.63) is 48.4 Å². The van der Waals surface area contributed by atoms with E-state index in [2.05, 4.69) is 20.7 Å². The van der Waals surface area contributed by atoms with Gasteiger partial charge >= 0.3 is 0 Å². The van der Waals surface area contributed by atoms with Crippen LogP contribution < -0.4 is 10.6 Å². The summed E-state index contributed by atoms with van der Waals surface area (Å²) >= 11 is 0. The first-order valence-corrected chi connectivity index (χ1v) is 7.78. The van der Waals surface area contributed by atoms with Gasteiger partial charge in [0.25, 0.3) is 0 Å². The molecule has 1 saturated heterocycles. The van der Waals surface area contributed by atoms with Crippen LogP contribution >= 0.6 is 12.4 Å². The molecule has 24 heavy (non-hydrogen) atoms. The highest BCUT2D eigenvalue weighted by Gasteiger charge is 2.34. The van der Waals surface area contributed by atoms with Gasteiger partial charge in [-0.2, -0.15) is 5.10 Å². The van der Waals surface area contributed by atoms with Crippen LogP contribution in [0.1, 0.15) is 11.5 Å². The van der Waals surface area contributed by atoms with Crippen LogP contribution in [0.25, 0.3) is 10.9 Å². The summed E-state index contributed by atoms with van der Waals surface area (Å²) in [6.07, 6.45) is 5.74. The van der Waals surface area contributed by atoms with E-state index in [-0.39, 0.29) is 30.2 Å². The van der Waals surface area contributed by atoms with E-state index in [9.17, 15) is 4.79 Å². The molecule has 2 aromatic heterocycles. The molecule has 1 fully saturated rings. The van der Waals surface area contributed by atoms with Gasteiger partial charge in [0.1, 0.15) is 0 Å². The number of nitrogens with one attached hydrogen (secondary N) is 3. The lowest BCUT2D eigenvalue weighted by molar-refractivity contribution is -0.119. The standard InChI is InChI=1S/C17H19N5O.ClH/c1-22-10-12(7-20-22)14-8-18-9-15(14)17(23)21-13-2-3-16-11(6-13)4-5-19-16;/h2-7,10,14-15,18-19H,8-9H2,1H3,(H,21,23);1H/t14-,15+;/m1./s1. The highest BCUT2D eigenvalue weighted by Crippen LogP contribution is 2.29. The summed E-state index contributed by atoms with van der Waals surface area (Å²) in [4.78, 5) is 15.8. The summed E-state index contributed by atoms with van der Waals surface area (Å²) in [7, 11) is 1.90. The van der Waals surface area contributed by atoms with Crippen molar-refractivity contribution in [1.29, 1.82) is 0 Å². The molecule has 0 unspecified atom stereocenters. The smallest absolute Gasteiger partial charge is 0.229 e. The van der Waals surface area contributed by atoms with Gasteiger partial charge in [-0.25, -0.2) is 0 Å². The monoisotopic (exact) mass is 345 g/mol. The third-order valence-electron chi connectivity index (χ3n) is 4.52. The van der Waals surface area contributed by atoms with Crippen LogP contribution in [0.4, 0.5) is 5.69 Å². The molecule has 3 aromatic rings. The van der Waals surface area contributed by atoms with Crippen molar-refractivity contribution in [2.75, 3.05) is 18.4 Å². The molecule has 1 aromatic carbocycles. The lowest BCUT2D eigenvalue weighted by Gasteiger charge is -2.17. The van der Waals surface area contributed by atoms with Gasteiger partial charge in [-0.05, 0) is 29.8 Å². The zero-order valence-corrected chi connectivity index (χ0v) is 14.1. The summed E-state index contributed by atoms with van der Waals surface area (Å²) in [6.45, 7) is 1.50. The molecular formula is C17H20ClN5O. The fraction of sp³-hybridized carbons (Fsp3) is 0.294. The first-order valence-electron chi connectivity index (χ1n) is 7.78. The SMILES string of the molecule is Cl.Cn1cc([C@H]2CNC[C@@H]2C(=O)Nc2ccc3[nH]ccc3c2)cn1. The maximum Gasteiger partial charge on any atom is 0.229 e. The lowest BCUT2D eigenvalue weighted by Crippen LogP contribution is -2.28. The minimum absolute atomic E-state index is 0. The maximum absolute atomic E-state index is 12.7. The molecule has 3 N–H and O–H groups in total. The van der Waals surface area contributed by atoms with Crippen LogP contribution in [0.2, 0.25) is 0 Å². The summed E-state index contributed by atoms with van der Waals surface area (Å²) in [5.41, 5.74) is 3.01. The highest BCUT2D eigenvalue weighted by molar-refractivity contribution is 5.96. The molecular weight excluding hydrogens is 326 g/mol. The van der Waals surface area contributed by atoms with Crippen molar-refractivity contribution in [1.82, 2.24) is 20.1 Å². The first-order chi connectivity index (χ1) is 11.2. The predicted molar refractivity (Wildman–Crippen MR) is 96.5 cm³/mol. The molecule has 0 saturated carbocycles. The van der Waals surface area contributed by atoms with E-state index in [1.807, 2.05) is 49.9 Å². The number of aromatic nitrogens is 3. The Bertz CT molecular complexity index is 855. The normalized spacial score (nSPS) is 20.0. The number of amides is 1. The van der Waals surface area contributed by atoms with Gasteiger partial charge in [0.2, 0.25) is 5.91 Å². The molecule has 0 radical (unpaired) electrons.